The van der Waals surface area contributed by atoms with E-state index >= 15 is 4.39 Å². The van der Waals surface area contributed by atoms with E-state index in [2.05, 4.69) is 15.7 Å². The van der Waals surface area contributed by atoms with Gasteiger partial charge in [-0.25, -0.2) is 22.5 Å². The van der Waals surface area contributed by atoms with Gasteiger partial charge >= 0.3 is 0 Å². The van der Waals surface area contributed by atoms with E-state index in [1.54, 1.807) is 19.1 Å². The van der Waals surface area contributed by atoms with Crippen LogP contribution in [0.2, 0.25) is 5.02 Å². The summed E-state index contributed by atoms with van der Waals surface area (Å²) in [5.74, 6) is 2.50. The first kappa shape index (κ1) is 35.1. The molecule has 7 atom stereocenters. The number of anilines is 1. The first-order valence-electron chi connectivity index (χ1n) is 17.9. The molecule has 2 aromatic rings. The van der Waals surface area contributed by atoms with Gasteiger partial charge in [-0.15, -0.1) is 23.5 Å². The predicted octanol–water partition coefficient (Wildman–Crippen LogP) is 7.00. The molecule has 3 aliphatic carbocycles. The zero-order valence-electron chi connectivity index (χ0n) is 28.8. The van der Waals surface area contributed by atoms with Crippen molar-refractivity contribution in [3.63, 3.8) is 0 Å². The number of hydrogen-bond donors (Lipinski definition) is 1. The summed E-state index contributed by atoms with van der Waals surface area (Å²) in [5, 5.41) is -0.673. The maximum Gasteiger partial charge on any atom is 0.283 e. The van der Waals surface area contributed by atoms with E-state index in [9.17, 15) is 13.2 Å². The first-order valence-corrected chi connectivity index (χ1v) is 21.9. The number of rotatable bonds is 2. The lowest BCUT2D eigenvalue weighted by atomic mass is 9.58. The van der Waals surface area contributed by atoms with Gasteiger partial charge in [-0.2, -0.15) is 0 Å². The molecule has 1 aromatic heterocycles. The highest BCUT2D eigenvalue weighted by molar-refractivity contribution is 8.17. The van der Waals surface area contributed by atoms with Gasteiger partial charge in [0, 0.05) is 25.6 Å². The summed E-state index contributed by atoms with van der Waals surface area (Å²) < 4.78 is 58.7. The summed E-state index contributed by atoms with van der Waals surface area (Å²) >= 11 is 10.3. The molecule has 50 heavy (non-hydrogen) atoms. The van der Waals surface area contributed by atoms with E-state index in [-0.39, 0.29) is 44.8 Å². The van der Waals surface area contributed by atoms with Gasteiger partial charge in [-0.3, -0.25) is 4.79 Å². The monoisotopic (exact) mass is 761 g/mol. The molecular formula is C37H45ClFN3O5S3. The van der Waals surface area contributed by atoms with Crippen LogP contribution in [0.3, 0.4) is 0 Å². The number of fused-ring (bicyclic) bond motifs is 6. The van der Waals surface area contributed by atoms with E-state index in [1.165, 1.54) is 18.1 Å². The predicted molar refractivity (Wildman–Crippen MR) is 198 cm³/mol. The van der Waals surface area contributed by atoms with Crippen LogP contribution >= 0.6 is 35.1 Å². The number of nitrogens with one attached hydrogen (secondary N) is 1. The van der Waals surface area contributed by atoms with Gasteiger partial charge in [0.15, 0.2) is 11.6 Å². The van der Waals surface area contributed by atoms with Crippen LogP contribution in [0.15, 0.2) is 35.9 Å². The molecule has 5 heterocycles. The summed E-state index contributed by atoms with van der Waals surface area (Å²) in [6, 6.07) is 6.86. The number of ether oxygens (including phenoxy) is 2. The SMILES string of the molecule is CO[C@@]1(C2SCCCS2)C2=C[C@@H](C2)[C@H](C)[C@@H](C)S(=O)(=O)NC(=O)c2ccc3c(n2)N(C[C@@H]2CC[C@H]21)C[C@@]1(CCCc2c1ccc(Cl)c2F)CO3. The minimum Gasteiger partial charge on any atom is -0.489 e. The van der Waals surface area contributed by atoms with E-state index in [4.69, 9.17) is 26.1 Å². The quantitative estimate of drug-likeness (QED) is 0.325. The second-order valence-corrected chi connectivity index (χ2v) is 20.3. The Hall–Kier alpha value is -1.99. The van der Waals surface area contributed by atoms with Gasteiger partial charge in [-0.05, 0) is 122 Å². The molecule has 7 aliphatic rings. The number of allylic oxidation sites excluding steroid dienone is 1. The molecule has 0 unspecified atom stereocenters. The van der Waals surface area contributed by atoms with Crippen molar-refractivity contribution in [2.75, 3.05) is 43.2 Å². The third kappa shape index (κ3) is 5.60. The molecule has 1 saturated heterocycles. The third-order valence-corrected chi connectivity index (χ3v) is 18.0. The van der Waals surface area contributed by atoms with Gasteiger partial charge in [0.05, 0.1) is 21.5 Å². The van der Waals surface area contributed by atoms with Crippen LogP contribution < -0.4 is 14.4 Å². The van der Waals surface area contributed by atoms with Gasteiger partial charge in [-0.1, -0.05) is 30.7 Å². The van der Waals surface area contributed by atoms with Crippen molar-refractivity contribution in [2.45, 2.75) is 79.6 Å². The second kappa shape index (κ2) is 13.1. The molecule has 1 saturated carbocycles. The van der Waals surface area contributed by atoms with Crippen molar-refractivity contribution in [2.24, 2.45) is 23.7 Å². The minimum atomic E-state index is -4.01. The number of thioether (sulfide) groups is 2. The lowest BCUT2D eigenvalue weighted by Gasteiger charge is -2.57. The number of aromatic nitrogens is 1. The number of methoxy groups -OCH3 is 1. The van der Waals surface area contributed by atoms with Gasteiger partial charge < -0.3 is 14.4 Å². The lowest BCUT2D eigenvalue weighted by molar-refractivity contribution is -0.0784. The molecule has 4 bridgehead atoms. The molecule has 8 nitrogen and oxygen atoms in total. The number of hydrogen-bond acceptors (Lipinski definition) is 9. The molecule has 4 aliphatic heterocycles. The van der Waals surface area contributed by atoms with Crippen molar-refractivity contribution >= 4 is 56.9 Å². The average molecular weight is 762 g/mol. The standard InChI is InChI=1S/C37H45ClFN3O5S3/c1-21-22(2)50(44,45)41-34(43)30-11-12-31-33(40-30)42(19-36(20-47-31)13-4-6-26-28(36)9-10-29(38)32(26)39)18-23-7-8-27(23)37(46-3,25-16-24(21)17-25)35-48-14-5-15-49-35/h9-12,16,21-24,27,35H,4-8,13-15,17-20H2,1-3H3,(H,41,43)/t21-,22-,23+,24+,27-,36+,37+/m1/s1. The Morgan fingerprint density at radius 3 is 2.64 bits per heavy atom. The van der Waals surface area contributed by atoms with Gasteiger partial charge in [0.1, 0.15) is 17.1 Å². The van der Waals surface area contributed by atoms with Crippen LogP contribution in [0.4, 0.5) is 10.2 Å². The number of carbonyl (C=O) groups is 1. The van der Waals surface area contributed by atoms with Crippen LogP contribution in [-0.4, -0.2) is 73.1 Å². The fourth-order valence-electron chi connectivity index (χ4n) is 9.47. The second-order valence-electron chi connectivity index (χ2n) is 15.2. The maximum absolute atomic E-state index is 15.5. The fourth-order valence-corrected chi connectivity index (χ4v) is 14.5. The smallest absolute Gasteiger partial charge is 0.283 e. The normalized spacial score (nSPS) is 35.3. The number of nitrogens with zero attached hydrogens (tertiary/aromatic N) is 2. The van der Waals surface area contributed by atoms with Crippen LogP contribution in [0.1, 0.15) is 74.0 Å². The Morgan fingerprint density at radius 1 is 1.14 bits per heavy atom. The zero-order valence-corrected chi connectivity index (χ0v) is 32.0. The highest BCUT2D eigenvalue weighted by atomic mass is 35.5. The summed E-state index contributed by atoms with van der Waals surface area (Å²) in [5.41, 5.74) is 1.85. The number of pyridine rings is 1. The van der Waals surface area contributed by atoms with Crippen molar-refractivity contribution < 1.29 is 27.1 Å². The molecule has 2 fully saturated rings. The highest BCUT2D eigenvalue weighted by Crippen LogP contribution is 2.59. The van der Waals surface area contributed by atoms with E-state index in [0.717, 1.165) is 49.2 Å². The molecule has 13 heteroatoms. The van der Waals surface area contributed by atoms with Crippen molar-refractivity contribution in [1.29, 1.82) is 0 Å². The zero-order chi connectivity index (χ0) is 35.0. The molecule has 9 rings (SSSR count). The molecule has 1 spiro atoms. The average Bonchev–Trinajstić information content (AvgIpc) is 3.23. The Kier molecular flexibility index (Phi) is 9.22. The topological polar surface area (TPSA) is 97.8 Å². The fraction of sp³-hybridized carbons (Fsp3) is 0.622. The van der Waals surface area contributed by atoms with E-state index < -0.39 is 32.2 Å². The van der Waals surface area contributed by atoms with Crippen molar-refractivity contribution in [1.82, 2.24) is 9.71 Å². The maximum atomic E-state index is 15.5. The third-order valence-electron chi connectivity index (χ3n) is 12.7. The molecule has 270 valence electrons. The van der Waals surface area contributed by atoms with Crippen LogP contribution in [0.25, 0.3) is 0 Å². The van der Waals surface area contributed by atoms with Crippen LogP contribution in [-0.2, 0) is 26.6 Å². The minimum absolute atomic E-state index is 0.0166. The van der Waals surface area contributed by atoms with E-state index in [1.807, 2.05) is 43.6 Å². The van der Waals surface area contributed by atoms with Crippen molar-refractivity contribution in [3.05, 3.63) is 63.6 Å². The summed E-state index contributed by atoms with van der Waals surface area (Å²) in [6.45, 7) is 5.14. The molecular weight excluding hydrogens is 717 g/mol. The van der Waals surface area contributed by atoms with Gasteiger partial charge in [0.25, 0.3) is 5.91 Å². The largest absolute Gasteiger partial charge is 0.489 e. The Labute approximate surface area is 308 Å². The van der Waals surface area contributed by atoms with Crippen molar-refractivity contribution in [3.8, 4) is 5.75 Å². The first-order chi connectivity index (χ1) is 24.0. The number of amides is 1. The summed E-state index contributed by atoms with van der Waals surface area (Å²) in [4.78, 5) is 20.7. The van der Waals surface area contributed by atoms with Crippen LogP contribution in [0.5, 0.6) is 5.75 Å². The Balaban J connectivity index is 1.26. The highest BCUT2D eigenvalue weighted by Gasteiger charge is 2.58. The number of benzene rings is 1. The molecule has 0 radical (unpaired) electrons. The number of carbonyl (C=O) groups excluding carboxylic acids is 1. The summed E-state index contributed by atoms with van der Waals surface area (Å²) in [7, 11) is -2.15. The number of sulfonamides is 1. The number of halogens is 2. The van der Waals surface area contributed by atoms with Gasteiger partial charge in [0.2, 0.25) is 10.0 Å². The Morgan fingerprint density at radius 2 is 1.92 bits per heavy atom. The lowest BCUT2D eigenvalue weighted by Crippen LogP contribution is -2.60. The van der Waals surface area contributed by atoms with Crippen LogP contribution in [0, 0.1) is 29.5 Å². The molecule has 1 amide bonds. The molecule has 1 aromatic carbocycles. The van der Waals surface area contributed by atoms with E-state index in [0.29, 0.717) is 43.2 Å². The summed E-state index contributed by atoms with van der Waals surface area (Å²) in [6.07, 6.45) is 8.50. The molecule has 1 N–H and O–H groups in total. The Bertz CT molecular complexity index is 1840.